The molecule has 0 atom stereocenters. The lowest BCUT2D eigenvalue weighted by molar-refractivity contribution is -0.113. The largest absolute Gasteiger partial charge is 0.325 e. The lowest BCUT2D eigenvalue weighted by Gasteiger charge is -2.11. The predicted octanol–water partition coefficient (Wildman–Crippen LogP) is 3.92. The van der Waals surface area contributed by atoms with E-state index < -0.39 is 15.9 Å². The van der Waals surface area contributed by atoms with E-state index in [1.807, 2.05) is 42.5 Å². The van der Waals surface area contributed by atoms with E-state index in [9.17, 15) is 18.0 Å². The summed E-state index contributed by atoms with van der Waals surface area (Å²) in [5.41, 5.74) is 1.02. The molecule has 9 nitrogen and oxygen atoms in total. The van der Waals surface area contributed by atoms with Gasteiger partial charge in [0.2, 0.25) is 21.1 Å². The number of hydrogen-bond donors (Lipinski definition) is 2. The summed E-state index contributed by atoms with van der Waals surface area (Å²) < 4.78 is 25.9. The first-order chi connectivity index (χ1) is 16.7. The number of amides is 2. The zero-order valence-electron chi connectivity index (χ0n) is 18.8. The van der Waals surface area contributed by atoms with Gasteiger partial charge in [0.25, 0.3) is 5.91 Å². The molecule has 0 unspecified atom stereocenters. The lowest BCUT2D eigenvalue weighted by atomic mass is 10.1. The summed E-state index contributed by atoms with van der Waals surface area (Å²) in [5, 5.41) is 15.8. The van der Waals surface area contributed by atoms with Crippen LogP contribution in [0.5, 0.6) is 0 Å². The third kappa shape index (κ3) is 5.85. The molecule has 1 aromatic heterocycles. The normalized spacial score (nSPS) is 11.5. The SMILES string of the molecule is CN(C)S(=O)(=O)c1ccc(C(=O)Nc2nnc(SCC(=O)Nc3cccc4ccccc34)s2)cc1. The van der Waals surface area contributed by atoms with Crippen molar-refractivity contribution in [1.82, 2.24) is 14.5 Å². The monoisotopic (exact) mass is 527 g/mol. The maximum absolute atomic E-state index is 12.5. The fourth-order valence-electron chi connectivity index (χ4n) is 3.12. The number of anilines is 2. The number of nitrogens with zero attached hydrogens (tertiary/aromatic N) is 3. The molecule has 0 aliphatic carbocycles. The van der Waals surface area contributed by atoms with Gasteiger partial charge in [0.1, 0.15) is 0 Å². The van der Waals surface area contributed by atoms with Gasteiger partial charge in [-0.15, -0.1) is 10.2 Å². The van der Waals surface area contributed by atoms with Crippen molar-refractivity contribution in [3.8, 4) is 0 Å². The van der Waals surface area contributed by atoms with Crippen molar-refractivity contribution >= 4 is 66.5 Å². The van der Waals surface area contributed by atoms with E-state index in [-0.39, 0.29) is 27.3 Å². The van der Waals surface area contributed by atoms with E-state index >= 15 is 0 Å². The average molecular weight is 528 g/mol. The highest BCUT2D eigenvalue weighted by atomic mass is 32.2. The van der Waals surface area contributed by atoms with Crippen LogP contribution in [0, 0.1) is 0 Å². The van der Waals surface area contributed by atoms with Crippen LogP contribution in [0.3, 0.4) is 0 Å². The van der Waals surface area contributed by atoms with E-state index in [0.29, 0.717) is 4.34 Å². The Morgan fingerprint density at radius 3 is 2.40 bits per heavy atom. The lowest BCUT2D eigenvalue weighted by Crippen LogP contribution is -2.22. The van der Waals surface area contributed by atoms with Gasteiger partial charge in [-0.05, 0) is 35.7 Å². The maximum atomic E-state index is 12.5. The van der Waals surface area contributed by atoms with Crippen molar-refractivity contribution in [2.75, 3.05) is 30.5 Å². The molecule has 0 saturated carbocycles. The molecule has 2 N–H and O–H groups in total. The molecule has 180 valence electrons. The topological polar surface area (TPSA) is 121 Å². The second-order valence-electron chi connectivity index (χ2n) is 7.50. The van der Waals surface area contributed by atoms with Crippen LogP contribution in [-0.2, 0) is 14.8 Å². The van der Waals surface area contributed by atoms with Crippen molar-refractivity contribution in [3.63, 3.8) is 0 Å². The first kappa shape index (κ1) is 24.8. The van der Waals surface area contributed by atoms with Crippen LogP contribution in [-0.4, -0.2) is 54.6 Å². The molecule has 4 rings (SSSR count). The summed E-state index contributed by atoms with van der Waals surface area (Å²) in [6.07, 6.45) is 0. The molecule has 0 radical (unpaired) electrons. The van der Waals surface area contributed by atoms with Gasteiger partial charge < -0.3 is 5.32 Å². The summed E-state index contributed by atoms with van der Waals surface area (Å²) in [6, 6.07) is 19.1. The van der Waals surface area contributed by atoms with Gasteiger partial charge in [-0.25, -0.2) is 12.7 Å². The molecule has 0 aliphatic rings. The minimum absolute atomic E-state index is 0.0930. The molecule has 4 aromatic rings. The maximum Gasteiger partial charge on any atom is 0.257 e. The van der Waals surface area contributed by atoms with Crippen LogP contribution in [0.1, 0.15) is 10.4 Å². The van der Waals surface area contributed by atoms with Gasteiger partial charge >= 0.3 is 0 Å². The number of nitrogens with one attached hydrogen (secondary N) is 2. The van der Waals surface area contributed by atoms with Gasteiger partial charge in [-0.1, -0.05) is 59.5 Å². The molecule has 2 amide bonds. The fourth-order valence-corrected chi connectivity index (χ4v) is 5.57. The molecule has 0 spiro atoms. The molecule has 0 bridgehead atoms. The third-order valence-corrected chi connectivity index (χ3v) is 8.71. The van der Waals surface area contributed by atoms with Crippen LogP contribution >= 0.6 is 23.1 Å². The zero-order valence-corrected chi connectivity index (χ0v) is 21.2. The minimum atomic E-state index is -3.57. The molecule has 12 heteroatoms. The van der Waals surface area contributed by atoms with Crippen molar-refractivity contribution in [2.24, 2.45) is 0 Å². The third-order valence-electron chi connectivity index (χ3n) is 4.91. The highest BCUT2D eigenvalue weighted by molar-refractivity contribution is 8.01. The van der Waals surface area contributed by atoms with Crippen molar-refractivity contribution < 1.29 is 18.0 Å². The summed E-state index contributed by atoms with van der Waals surface area (Å²) in [4.78, 5) is 25.0. The number of thioether (sulfide) groups is 1. The summed E-state index contributed by atoms with van der Waals surface area (Å²) in [6.45, 7) is 0. The standard InChI is InChI=1S/C23H21N5O4S3/c1-28(2)35(31,32)17-12-10-16(11-13-17)21(30)25-22-26-27-23(34-22)33-14-20(29)24-19-9-5-7-15-6-3-4-8-18(15)19/h3-13H,14H2,1-2H3,(H,24,29)(H,25,26,30). The summed E-state index contributed by atoms with van der Waals surface area (Å²) in [5.74, 6) is -0.492. The van der Waals surface area contributed by atoms with E-state index in [1.54, 1.807) is 0 Å². The van der Waals surface area contributed by atoms with Gasteiger partial charge in [-0.3, -0.25) is 14.9 Å². The molecular formula is C23H21N5O4S3. The Bertz CT molecular complexity index is 1480. The van der Waals surface area contributed by atoms with Crippen LogP contribution in [0.25, 0.3) is 10.8 Å². The Morgan fingerprint density at radius 2 is 1.66 bits per heavy atom. The first-order valence-corrected chi connectivity index (χ1v) is 13.6. The van der Waals surface area contributed by atoms with Gasteiger partial charge in [0.15, 0.2) is 4.34 Å². The van der Waals surface area contributed by atoms with Crippen molar-refractivity contribution in [2.45, 2.75) is 9.24 Å². The smallest absolute Gasteiger partial charge is 0.257 e. The van der Waals surface area contributed by atoms with E-state index in [4.69, 9.17) is 0 Å². The molecule has 1 heterocycles. The number of hydrogen-bond acceptors (Lipinski definition) is 8. The zero-order chi connectivity index (χ0) is 25.0. The Morgan fingerprint density at radius 1 is 0.943 bits per heavy atom. The Labute approximate surface area is 210 Å². The molecule has 35 heavy (non-hydrogen) atoms. The quantitative estimate of drug-likeness (QED) is 0.263. The van der Waals surface area contributed by atoms with Gasteiger partial charge in [-0.2, -0.15) is 0 Å². The summed E-state index contributed by atoms with van der Waals surface area (Å²) >= 11 is 2.36. The summed E-state index contributed by atoms with van der Waals surface area (Å²) in [7, 11) is -0.696. The van der Waals surface area contributed by atoms with Crippen LogP contribution in [0.15, 0.2) is 76.0 Å². The number of fused-ring (bicyclic) bond motifs is 1. The molecule has 0 aliphatic heterocycles. The van der Waals surface area contributed by atoms with E-state index in [0.717, 1.165) is 32.1 Å². The van der Waals surface area contributed by atoms with Gasteiger partial charge in [0, 0.05) is 30.7 Å². The Kier molecular flexibility index (Phi) is 7.45. The number of benzene rings is 3. The number of rotatable bonds is 8. The molecular weight excluding hydrogens is 506 g/mol. The number of aromatic nitrogens is 2. The highest BCUT2D eigenvalue weighted by Crippen LogP contribution is 2.27. The van der Waals surface area contributed by atoms with Gasteiger partial charge in [0.05, 0.1) is 10.6 Å². The Hall–Kier alpha value is -3.32. The minimum Gasteiger partial charge on any atom is -0.325 e. The Balaban J connectivity index is 1.33. The second kappa shape index (κ2) is 10.5. The number of carbonyl (C=O) groups excluding carboxylic acids is 2. The van der Waals surface area contributed by atoms with Crippen LogP contribution < -0.4 is 10.6 Å². The van der Waals surface area contributed by atoms with E-state index in [1.165, 1.54) is 50.1 Å². The van der Waals surface area contributed by atoms with Crippen LogP contribution in [0.2, 0.25) is 0 Å². The predicted molar refractivity (Wildman–Crippen MR) is 138 cm³/mol. The first-order valence-electron chi connectivity index (χ1n) is 10.3. The molecule has 3 aromatic carbocycles. The average Bonchev–Trinajstić information content (AvgIpc) is 3.30. The number of carbonyl (C=O) groups is 2. The van der Waals surface area contributed by atoms with E-state index in [2.05, 4.69) is 20.8 Å². The molecule has 0 fully saturated rings. The number of sulfonamides is 1. The van der Waals surface area contributed by atoms with Crippen molar-refractivity contribution in [3.05, 3.63) is 72.3 Å². The highest BCUT2D eigenvalue weighted by Gasteiger charge is 2.18. The molecule has 0 saturated heterocycles. The second-order valence-corrected chi connectivity index (χ2v) is 11.9. The van der Waals surface area contributed by atoms with Crippen molar-refractivity contribution in [1.29, 1.82) is 0 Å². The fraction of sp³-hybridized carbons (Fsp3) is 0.130. The van der Waals surface area contributed by atoms with Crippen LogP contribution in [0.4, 0.5) is 10.8 Å².